The second-order valence-electron chi connectivity index (χ2n) is 5.68. The van der Waals surface area contributed by atoms with Crippen LogP contribution in [0.3, 0.4) is 0 Å². The highest BCUT2D eigenvalue weighted by Gasteiger charge is 2.29. The average molecular weight is 339 g/mol. The molecule has 1 aliphatic heterocycles. The van der Waals surface area contributed by atoms with Gasteiger partial charge in [-0.05, 0) is 30.2 Å². The molecule has 0 unspecified atom stereocenters. The van der Waals surface area contributed by atoms with Crippen LogP contribution in [-0.4, -0.2) is 38.5 Å². The Morgan fingerprint density at radius 1 is 1.24 bits per heavy atom. The normalized spacial score (nSPS) is 13.6. The Balaban J connectivity index is 1.97. The van der Waals surface area contributed by atoms with Crippen LogP contribution in [0.15, 0.2) is 30.6 Å². The van der Waals surface area contributed by atoms with Gasteiger partial charge in [0.05, 0.1) is 5.56 Å². The Bertz CT molecular complexity index is 1030. The van der Waals surface area contributed by atoms with Crippen LogP contribution in [0.1, 0.15) is 22.5 Å². The van der Waals surface area contributed by atoms with Gasteiger partial charge in [0.1, 0.15) is 23.3 Å². The van der Waals surface area contributed by atoms with Crippen molar-refractivity contribution in [2.75, 3.05) is 13.1 Å². The molecule has 4 rings (SSSR count). The third kappa shape index (κ3) is 2.32. The number of nitriles is 1. The van der Waals surface area contributed by atoms with E-state index in [1.54, 1.807) is 17.2 Å². The first-order valence-electron chi connectivity index (χ1n) is 7.62. The van der Waals surface area contributed by atoms with E-state index in [2.05, 4.69) is 10.1 Å². The SMILES string of the molecule is N#Cc1c(F)cc(-c2c(C(=O)N3CCC3)nn3cccnc23)cc1F. The summed E-state index contributed by atoms with van der Waals surface area (Å²) in [6, 6.07) is 5.18. The molecule has 124 valence electrons. The van der Waals surface area contributed by atoms with E-state index in [-0.39, 0.29) is 22.7 Å². The van der Waals surface area contributed by atoms with Crippen molar-refractivity contribution in [1.29, 1.82) is 5.26 Å². The van der Waals surface area contributed by atoms with Crippen LogP contribution in [0.25, 0.3) is 16.8 Å². The zero-order chi connectivity index (χ0) is 17.6. The molecule has 0 atom stereocenters. The third-order valence-corrected chi connectivity index (χ3v) is 4.18. The number of carbonyl (C=O) groups excluding carboxylic acids is 1. The monoisotopic (exact) mass is 339 g/mol. The summed E-state index contributed by atoms with van der Waals surface area (Å²) >= 11 is 0. The van der Waals surface area contributed by atoms with Crippen molar-refractivity contribution in [1.82, 2.24) is 19.5 Å². The quantitative estimate of drug-likeness (QED) is 0.718. The number of amides is 1. The van der Waals surface area contributed by atoms with E-state index in [1.165, 1.54) is 16.8 Å². The summed E-state index contributed by atoms with van der Waals surface area (Å²) in [5, 5.41) is 13.1. The van der Waals surface area contributed by atoms with Gasteiger partial charge in [0, 0.05) is 25.5 Å². The number of carbonyl (C=O) groups is 1. The molecule has 8 heteroatoms. The van der Waals surface area contributed by atoms with Crippen LogP contribution in [0.2, 0.25) is 0 Å². The van der Waals surface area contributed by atoms with Gasteiger partial charge in [-0.15, -0.1) is 0 Å². The van der Waals surface area contributed by atoms with Crippen molar-refractivity contribution >= 4 is 11.6 Å². The molecule has 1 aromatic carbocycles. The molecule has 0 N–H and O–H groups in total. The van der Waals surface area contributed by atoms with Crippen LogP contribution in [0.5, 0.6) is 0 Å². The lowest BCUT2D eigenvalue weighted by Gasteiger charge is -2.30. The number of nitrogens with zero attached hydrogens (tertiary/aromatic N) is 5. The summed E-state index contributed by atoms with van der Waals surface area (Å²) < 4.78 is 29.5. The molecule has 1 saturated heterocycles. The Morgan fingerprint density at radius 2 is 1.96 bits per heavy atom. The number of fused-ring (bicyclic) bond motifs is 1. The van der Waals surface area contributed by atoms with Gasteiger partial charge in [0.25, 0.3) is 5.91 Å². The first-order chi connectivity index (χ1) is 12.1. The van der Waals surface area contributed by atoms with E-state index in [0.29, 0.717) is 18.7 Å². The van der Waals surface area contributed by atoms with Gasteiger partial charge in [-0.1, -0.05) is 0 Å². The van der Waals surface area contributed by atoms with E-state index < -0.39 is 17.2 Å². The molecule has 0 bridgehead atoms. The number of hydrogen-bond donors (Lipinski definition) is 0. The summed E-state index contributed by atoms with van der Waals surface area (Å²) in [7, 11) is 0. The van der Waals surface area contributed by atoms with Gasteiger partial charge < -0.3 is 4.90 Å². The number of benzene rings is 1. The van der Waals surface area contributed by atoms with Crippen molar-refractivity contribution in [2.24, 2.45) is 0 Å². The fraction of sp³-hybridized carbons (Fsp3) is 0.176. The van der Waals surface area contributed by atoms with E-state index >= 15 is 0 Å². The number of aromatic nitrogens is 3. The maximum absolute atomic E-state index is 14.1. The lowest BCUT2D eigenvalue weighted by molar-refractivity contribution is 0.0646. The highest BCUT2D eigenvalue weighted by atomic mass is 19.1. The van der Waals surface area contributed by atoms with Gasteiger partial charge >= 0.3 is 0 Å². The maximum atomic E-state index is 14.1. The molecule has 0 spiro atoms. The molecule has 0 radical (unpaired) electrons. The van der Waals surface area contributed by atoms with Crippen molar-refractivity contribution in [3.8, 4) is 17.2 Å². The van der Waals surface area contributed by atoms with Gasteiger partial charge in [-0.2, -0.15) is 10.4 Å². The molecule has 1 amide bonds. The summed E-state index contributed by atoms with van der Waals surface area (Å²) in [6.07, 6.45) is 4.02. The van der Waals surface area contributed by atoms with Crippen LogP contribution in [0.4, 0.5) is 8.78 Å². The molecule has 3 heterocycles. The second kappa shape index (κ2) is 5.63. The lowest BCUT2D eigenvalue weighted by atomic mass is 10.0. The van der Waals surface area contributed by atoms with Gasteiger partial charge in [-0.3, -0.25) is 4.79 Å². The van der Waals surface area contributed by atoms with Crippen LogP contribution >= 0.6 is 0 Å². The molecule has 0 aliphatic carbocycles. The Kier molecular flexibility index (Phi) is 3.42. The number of halogens is 2. The second-order valence-corrected chi connectivity index (χ2v) is 5.68. The number of rotatable bonds is 2. The molecule has 3 aromatic rings. The predicted molar refractivity (Wildman–Crippen MR) is 83.6 cm³/mol. The summed E-state index contributed by atoms with van der Waals surface area (Å²) in [4.78, 5) is 18.5. The minimum atomic E-state index is -0.991. The zero-order valence-electron chi connectivity index (χ0n) is 12.9. The van der Waals surface area contributed by atoms with Gasteiger partial charge in [0.15, 0.2) is 11.3 Å². The van der Waals surface area contributed by atoms with Crippen molar-refractivity contribution in [3.05, 3.63) is 53.5 Å². The van der Waals surface area contributed by atoms with Crippen molar-refractivity contribution in [2.45, 2.75) is 6.42 Å². The number of likely N-dealkylation sites (tertiary alicyclic amines) is 1. The first-order valence-corrected chi connectivity index (χ1v) is 7.62. The van der Waals surface area contributed by atoms with Crippen molar-refractivity contribution in [3.63, 3.8) is 0 Å². The fourth-order valence-electron chi connectivity index (χ4n) is 2.80. The topological polar surface area (TPSA) is 74.3 Å². The third-order valence-electron chi connectivity index (χ3n) is 4.18. The smallest absolute Gasteiger partial charge is 0.275 e. The highest BCUT2D eigenvalue weighted by Crippen LogP contribution is 2.31. The van der Waals surface area contributed by atoms with Crippen molar-refractivity contribution < 1.29 is 13.6 Å². The minimum Gasteiger partial charge on any atom is -0.337 e. The molecular formula is C17H11F2N5O. The predicted octanol–water partition coefficient (Wildman–Crippen LogP) is 2.39. The maximum Gasteiger partial charge on any atom is 0.275 e. The van der Waals surface area contributed by atoms with E-state index in [1.807, 2.05) is 0 Å². The standard InChI is InChI=1S/C17H11F2N5O/c18-12-7-10(8-13(19)11(12)9-20)14-15(17(25)23-4-2-5-23)22-24-6-1-3-21-16(14)24/h1,3,6-8H,2,4-5H2. The van der Waals surface area contributed by atoms with E-state index in [4.69, 9.17) is 5.26 Å². The Labute approximate surface area is 140 Å². The van der Waals surface area contributed by atoms with Gasteiger partial charge in [-0.25, -0.2) is 18.3 Å². The van der Waals surface area contributed by atoms with Crippen LogP contribution in [-0.2, 0) is 0 Å². The van der Waals surface area contributed by atoms with E-state index in [0.717, 1.165) is 18.6 Å². The zero-order valence-corrected chi connectivity index (χ0v) is 12.9. The van der Waals surface area contributed by atoms with E-state index in [9.17, 15) is 13.6 Å². The molecular weight excluding hydrogens is 328 g/mol. The Hall–Kier alpha value is -3.34. The minimum absolute atomic E-state index is 0.0851. The van der Waals surface area contributed by atoms with Crippen LogP contribution < -0.4 is 0 Å². The van der Waals surface area contributed by atoms with Crippen LogP contribution in [0, 0.1) is 23.0 Å². The first kappa shape index (κ1) is 15.2. The highest BCUT2D eigenvalue weighted by molar-refractivity contribution is 6.03. The molecule has 1 fully saturated rings. The molecule has 1 aliphatic rings. The van der Waals surface area contributed by atoms with Gasteiger partial charge in [0.2, 0.25) is 0 Å². The summed E-state index contributed by atoms with van der Waals surface area (Å²) in [5.41, 5.74) is 0.104. The molecule has 6 nitrogen and oxygen atoms in total. The average Bonchev–Trinajstić information content (AvgIpc) is 2.92. The largest absolute Gasteiger partial charge is 0.337 e. The molecule has 25 heavy (non-hydrogen) atoms. The summed E-state index contributed by atoms with van der Waals surface area (Å²) in [6.45, 7) is 1.24. The molecule has 2 aromatic heterocycles. The Morgan fingerprint density at radius 3 is 2.56 bits per heavy atom. The lowest BCUT2D eigenvalue weighted by Crippen LogP contribution is -2.42. The number of hydrogen-bond acceptors (Lipinski definition) is 4. The fourth-order valence-corrected chi connectivity index (χ4v) is 2.80. The molecule has 0 saturated carbocycles. The summed E-state index contributed by atoms with van der Waals surface area (Å²) in [5.74, 6) is -2.29.